The van der Waals surface area contributed by atoms with E-state index in [1.165, 1.54) is 19.3 Å². The lowest BCUT2D eigenvalue weighted by molar-refractivity contribution is 0.236. The van der Waals surface area contributed by atoms with Crippen LogP contribution in [0.25, 0.3) is 0 Å². The molecule has 2 nitrogen and oxygen atoms in total. The van der Waals surface area contributed by atoms with E-state index < -0.39 is 0 Å². The summed E-state index contributed by atoms with van der Waals surface area (Å²) >= 11 is 5.85. The van der Waals surface area contributed by atoms with Gasteiger partial charge in [-0.25, -0.2) is 9.90 Å². The predicted octanol–water partition coefficient (Wildman–Crippen LogP) is 3.75. The fraction of sp³-hybridized carbons (Fsp3) is 0.500. The second-order valence-corrected chi connectivity index (χ2v) is 4.81. The maximum atomic E-state index is 5.85. The largest absolute Gasteiger partial charge is 0.240 e. The SMILES string of the molecule is Clc1ccc(N2OC23CCCCC3)cc1. The number of halogens is 1. The van der Waals surface area contributed by atoms with Crippen LogP contribution in [0.2, 0.25) is 5.02 Å². The van der Waals surface area contributed by atoms with Gasteiger partial charge in [-0.3, -0.25) is 0 Å². The fourth-order valence-corrected chi connectivity index (χ4v) is 2.54. The molecule has 1 spiro atoms. The first kappa shape index (κ1) is 9.49. The molecular formula is C12H14ClNO. The molecule has 0 N–H and O–H groups in total. The molecule has 0 amide bonds. The average Bonchev–Trinajstić information content (AvgIpc) is 2.94. The zero-order valence-electron chi connectivity index (χ0n) is 8.58. The second-order valence-electron chi connectivity index (χ2n) is 4.37. The van der Waals surface area contributed by atoms with Crippen molar-refractivity contribution in [2.45, 2.75) is 37.8 Å². The Morgan fingerprint density at radius 2 is 1.73 bits per heavy atom. The number of hydrogen-bond donors (Lipinski definition) is 0. The minimum absolute atomic E-state index is 0.0338. The van der Waals surface area contributed by atoms with E-state index in [1.807, 2.05) is 29.3 Å². The number of hydroxylamine groups is 1. The molecule has 15 heavy (non-hydrogen) atoms. The minimum Gasteiger partial charge on any atom is -0.240 e. The maximum Gasteiger partial charge on any atom is 0.191 e. The van der Waals surface area contributed by atoms with Crippen LogP contribution in [-0.4, -0.2) is 5.72 Å². The van der Waals surface area contributed by atoms with E-state index in [4.69, 9.17) is 16.4 Å². The van der Waals surface area contributed by atoms with Crippen LogP contribution in [0.5, 0.6) is 0 Å². The van der Waals surface area contributed by atoms with Crippen molar-refractivity contribution in [3.8, 4) is 0 Å². The normalized spacial score (nSPS) is 23.1. The molecule has 1 aromatic rings. The van der Waals surface area contributed by atoms with Crippen molar-refractivity contribution in [1.82, 2.24) is 0 Å². The molecule has 0 aromatic heterocycles. The van der Waals surface area contributed by atoms with Gasteiger partial charge < -0.3 is 0 Å². The second kappa shape index (κ2) is 3.39. The first-order valence-corrected chi connectivity index (χ1v) is 5.93. The van der Waals surface area contributed by atoms with E-state index >= 15 is 0 Å². The van der Waals surface area contributed by atoms with Crippen molar-refractivity contribution >= 4 is 17.3 Å². The Balaban J connectivity index is 1.77. The van der Waals surface area contributed by atoms with Gasteiger partial charge in [0.1, 0.15) is 0 Å². The molecule has 3 rings (SSSR count). The molecule has 1 saturated heterocycles. The third-order valence-corrected chi connectivity index (χ3v) is 3.55. The van der Waals surface area contributed by atoms with Crippen molar-refractivity contribution in [2.24, 2.45) is 0 Å². The summed E-state index contributed by atoms with van der Waals surface area (Å²) in [7, 11) is 0. The van der Waals surface area contributed by atoms with Gasteiger partial charge in [-0.2, -0.15) is 0 Å². The summed E-state index contributed by atoms with van der Waals surface area (Å²) in [6.07, 6.45) is 6.24. The van der Waals surface area contributed by atoms with Crippen molar-refractivity contribution in [2.75, 3.05) is 5.06 Å². The number of hydrogen-bond acceptors (Lipinski definition) is 2. The van der Waals surface area contributed by atoms with E-state index in [-0.39, 0.29) is 5.72 Å². The first-order valence-electron chi connectivity index (χ1n) is 5.55. The van der Waals surface area contributed by atoms with Gasteiger partial charge in [-0.1, -0.05) is 18.0 Å². The van der Waals surface area contributed by atoms with Crippen LogP contribution < -0.4 is 5.06 Å². The third-order valence-electron chi connectivity index (χ3n) is 3.29. The van der Waals surface area contributed by atoms with Crippen LogP contribution in [0.1, 0.15) is 32.1 Å². The standard InChI is InChI=1S/C12H14ClNO/c13-10-4-6-11(7-5-10)14-12(15-14)8-2-1-3-9-12/h4-7H,1-3,8-9H2. The molecule has 80 valence electrons. The van der Waals surface area contributed by atoms with Crippen molar-refractivity contribution in [1.29, 1.82) is 0 Å². The molecule has 1 saturated carbocycles. The molecule has 2 fully saturated rings. The molecule has 1 aromatic carbocycles. The molecule has 3 heteroatoms. The molecule has 0 bridgehead atoms. The highest BCUT2D eigenvalue weighted by atomic mass is 35.5. The zero-order valence-corrected chi connectivity index (χ0v) is 9.33. The minimum atomic E-state index is 0.0338. The van der Waals surface area contributed by atoms with Crippen molar-refractivity contribution in [3.05, 3.63) is 29.3 Å². The van der Waals surface area contributed by atoms with Crippen LogP contribution in [0.15, 0.2) is 24.3 Å². The summed E-state index contributed by atoms with van der Waals surface area (Å²) in [5, 5.41) is 2.82. The summed E-state index contributed by atoms with van der Waals surface area (Å²) < 4.78 is 0. The lowest BCUT2D eigenvalue weighted by Gasteiger charge is -2.17. The predicted molar refractivity (Wildman–Crippen MR) is 60.8 cm³/mol. The van der Waals surface area contributed by atoms with Gasteiger partial charge in [0.2, 0.25) is 0 Å². The van der Waals surface area contributed by atoms with Crippen LogP contribution in [0.4, 0.5) is 5.69 Å². The van der Waals surface area contributed by atoms with Crippen molar-refractivity contribution < 1.29 is 4.84 Å². The molecule has 0 atom stereocenters. The van der Waals surface area contributed by atoms with Crippen LogP contribution in [-0.2, 0) is 4.84 Å². The van der Waals surface area contributed by atoms with E-state index in [2.05, 4.69) is 0 Å². The quantitative estimate of drug-likeness (QED) is 0.674. The molecule has 1 aliphatic heterocycles. The van der Waals surface area contributed by atoms with E-state index in [0.717, 1.165) is 23.6 Å². The Morgan fingerprint density at radius 1 is 1.07 bits per heavy atom. The number of rotatable bonds is 1. The van der Waals surface area contributed by atoms with Crippen LogP contribution in [0, 0.1) is 0 Å². The summed E-state index contributed by atoms with van der Waals surface area (Å²) in [5.41, 5.74) is 1.16. The topological polar surface area (TPSA) is 15.5 Å². The summed E-state index contributed by atoms with van der Waals surface area (Å²) in [4.78, 5) is 5.76. The molecular weight excluding hydrogens is 210 g/mol. The van der Waals surface area contributed by atoms with Gasteiger partial charge in [0, 0.05) is 5.02 Å². The highest BCUT2D eigenvalue weighted by molar-refractivity contribution is 6.30. The summed E-state index contributed by atoms with van der Waals surface area (Å²) in [6, 6.07) is 7.86. The van der Waals surface area contributed by atoms with Gasteiger partial charge in [-0.05, 0) is 49.9 Å². The van der Waals surface area contributed by atoms with Gasteiger partial charge >= 0.3 is 0 Å². The first-order chi connectivity index (χ1) is 7.30. The summed E-state index contributed by atoms with van der Waals surface area (Å²) in [5.74, 6) is 0. The fourth-order valence-electron chi connectivity index (χ4n) is 2.41. The van der Waals surface area contributed by atoms with Crippen molar-refractivity contribution in [3.63, 3.8) is 0 Å². The highest BCUT2D eigenvalue weighted by Gasteiger charge is 2.55. The Labute approximate surface area is 94.7 Å². The molecule has 0 radical (unpaired) electrons. The van der Waals surface area contributed by atoms with Gasteiger partial charge in [-0.15, -0.1) is 0 Å². The Kier molecular flexibility index (Phi) is 2.15. The lowest BCUT2D eigenvalue weighted by Crippen LogP contribution is -2.21. The van der Waals surface area contributed by atoms with E-state index in [9.17, 15) is 0 Å². The number of anilines is 1. The zero-order chi connectivity index (χ0) is 10.3. The monoisotopic (exact) mass is 223 g/mol. The number of benzene rings is 1. The molecule has 1 heterocycles. The Hall–Kier alpha value is -0.730. The van der Waals surface area contributed by atoms with E-state index in [0.29, 0.717) is 0 Å². The average molecular weight is 224 g/mol. The molecule has 2 aliphatic rings. The Bertz CT molecular complexity index is 356. The highest BCUT2D eigenvalue weighted by Crippen LogP contribution is 2.49. The van der Waals surface area contributed by atoms with Crippen LogP contribution in [0.3, 0.4) is 0 Å². The smallest absolute Gasteiger partial charge is 0.191 e. The maximum absolute atomic E-state index is 5.85. The molecule has 1 aliphatic carbocycles. The number of nitrogens with zero attached hydrogens (tertiary/aromatic N) is 1. The van der Waals surface area contributed by atoms with E-state index in [1.54, 1.807) is 0 Å². The third kappa shape index (κ3) is 1.62. The van der Waals surface area contributed by atoms with Crippen LogP contribution >= 0.6 is 11.6 Å². The summed E-state index contributed by atoms with van der Waals surface area (Å²) in [6.45, 7) is 0. The molecule has 0 unspecified atom stereocenters. The van der Waals surface area contributed by atoms with Gasteiger partial charge in [0.25, 0.3) is 0 Å². The lowest BCUT2D eigenvalue weighted by atomic mass is 9.93. The van der Waals surface area contributed by atoms with Gasteiger partial charge in [0.05, 0.1) is 5.69 Å². The van der Waals surface area contributed by atoms with Gasteiger partial charge in [0.15, 0.2) is 5.72 Å². The Morgan fingerprint density at radius 3 is 2.40 bits per heavy atom.